The fourth-order valence-electron chi connectivity index (χ4n) is 3.26. The summed E-state index contributed by atoms with van der Waals surface area (Å²) in [6, 6.07) is 0. The van der Waals surface area contributed by atoms with Gasteiger partial charge < -0.3 is 9.80 Å². The molecule has 0 aromatic carbocycles. The van der Waals surface area contributed by atoms with Crippen LogP contribution in [0.5, 0.6) is 0 Å². The van der Waals surface area contributed by atoms with E-state index < -0.39 is 0 Å². The maximum Gasteiger partial charge on any atom is 0.222 e. The predicted octanol–water partition coefficient (Wildman–Crippen LogP) is 2.68. The number of hydrogen-bond acceptors (Lipinski definition) is 2. The van der Waals surface area contributed by atoms with Crippen LogP contribution >= 0.6 is 0 Å². The first-order valence-corrected chi connectivity index (χ1v) is 7.90. The zero-order valence-electron chi connectivity index (χ0n) is 12.1. The molecule has 2 aliphatic rings. The van der Waals surface area contributed by atoms with Crippen LogP contribution < -0.4 is 0 Å². The highest BCUT2D eigenvalue weighted by Crippen LogP contribution is 2.20. The molecule has 0 aromatic rings. The molecule has 3 heteroatoms. The van der Waals surface area contributed by atoms with E-state index in [9.17, 15) is 4.79 Å². The molecule has 0 unspecified atom stereocenters. The summed E-state index contributed by atoms with van der Waals surface area (Å²) in [5, 5.41) is 0. The Morgan fingerprint density at radius 3 is 2.63 bits per heavy atom. The smallest absolute Gasteiger partial charge is 0.222 e. The summed E-state index contributed by atoms with van der Waals surface area (Å²) in [4.78, 5) is 16.3. The highest BCUT2D eigenvalue weighted by Gasteiger charge is 2.20. The van der Waals surface area contributed by atoms with Gasteiger partial charge in [-0.25, -0.2) is 0 Å². The highest BCUT2D eigenvalue weighted by atomic mass is 16.2. The Morgan fingerprint density at radius 2 is 1.95 bits per heavy atom. The van der Waals surface area contributed by atoms with E-state index in [1.165, 1.54) is 38.8 Å². The molecule has 0 saturated carbocycles. The van der Waals surface area contributed by atoms with Crippen molar-refractivity contribution in [1.29, 1.82) is 0 Å². The molecule has 2 heterocycles. The summed E-state index contributed by atoms with van der Waals surface area (Å²) in [6.45, 7) is 9.40. The minimum absolute atomic E-state index is 0.371. The molecule has 108 valence electrons. The maximum absolute atomic E-state index is 11.7. The lowest BCUT2D eigenvalue weighted by atomic mass is 9.93. The molecule has 2 fully saturated rings. The lowest BCUT2D eigenvalue weighted by molar-refractivity contribution is -0.133. The second-order valence-corrected chi connectivity index (χ2v) is 6.00. The third kappa shape index (κ3) is 4.64. The number of nitrogens with zero attached hydrogens (tertiary/aromatic N) is 2. The third-order valence-corrected chi connectivity index (χ3v) is 4.53. The first-order valence-electron chi connectivity index (χ1n) is 7.90. The van der Waals surface area contributed by atoms with Crippen LogP contribution in [0.15, 0.2) is 12.7 Å². The Labute approximate surface area is 117 Å². The fraction of sp³-hybridized carbons (Fsp3) is 0.812. The summed E-state index contributed by atoms with van der Waals surface area (Å²) in [6.07, 6.45) is 10.1. The van der Waals surface area contributed by atoms with Gasteiger partial charge in [0.15, 0.2) is 0 Å². The summed E-state index contributed by atoms with van der Waals surface area (Å²) in [7, 11) is 0. The van der Waals surface area contributed by atoms with Gasteiger partial charge in [0.1, 0.15) is 0 Å². The lowest BCUT2D eigenvalue weighted by Gasteiger charge is -2.32. The average Bonchev–Trinajstić information content (AvgIpc) is 2.43. The van der Waals surface area contributed by atoms with Crippen LogP contribution in [0.4, 0.5) is 0 Å². The van der Waals surface area contributed by atoms with Gasteiger partial charge in [0, 0.05) is 19.5 Å². The standard InChI is InChI=1S/C16H28N2O/c1-2-6-15-8-13-17(14-9-15)10-5-12-18-11-4-3-7-16(18)19/h2,15H,1,3-14H2. The van der Waals surface area contributed by atoms with Gasteiger partial charge in [0.2, 0.25) is 5.91 Å². The Balaban J connectivity index is 1.59. The zero-order valence-corrected chi connectivity index (χ0v) is 12.1. The van der Waals surface area contributed by atoms with E-state index in [-0.39, 0.29) is 0 Å². The van der Waals surface area contributed by atoms with Crippen LogP contribution in [0.25, 0.3) is 0 Å². The topological polar surface area (TPSA) is 23.6 Å². The van der Waals surface area contributed by atoms with Gasteiger partial charge in [-0.15, -0.1) is 6.58 Å². The van der Waals surface area contributed by atoms with Crippen LogP contribution in [0.1, 0.15) is 44.9 Å². The minimum atomic E-state index is 0.371. The van der Waals surface area contributed by atoms with E-state index in [1.54, 1.807) is 0 Å². The zero-order chi connectivity index (χ0) is 13.5. The van der Waals surface area contributed by atoms with Gasteiger partial charge in [-0.05, 0) is 64.1 Å². The van der Waals surface area contributed by atoms with Gasteiger partial charge in [-0.3, -0.25) is 4.79 Å². The molecular weight excluding hydrogens is 236 g/mol. The summed E-state index contributed by atoms with van der Waals surface area (Å²) in [5.74, 6) is 1.23. The first-order chi connectivity index (χ1) is 9.29. The number of allylic oxidation sites excluding steroid dienone is 1. The molecule has 0 aromatic heterocycles. The van der Waals surface area contributed by atoms with Gasteiger partial charge in [-0.2, -0.15) is 0 Å². The number of likely N-dealkylation sites (tertiary alicyclic amines) is 2. The van der Waals surface area contributed by atoms with Crippen molar-refractivity contribution in [3.8, 4) is 0 Å². The molecule has 19 heavy (non-hydrogen) atoms. The maximum atomic E-state index is 11.7. The Hall–Kier alpha value is -0.830. The van der Waals surface area contributed by atoms with E-state index in [2.05, 4.69) is 22.5 Å². The number of rotatable bonds is 6. The van der Waals surface area contributed by atoms with E-state index in [0.717, 1.165) is 44.8 Å². The van der Waals surface area contributed by atoms with E-state index in [1.807, 2.05) is 0 Å². The summed E-state index contributed by atoms with van der Waals surface area (Å²) < 4.78 is 0. The van der Waals surface area contributed by atoms with Crippen molar-refractivity contribution in [2.24, 2.45) is 5.92 Å². The van der Waals surface area contributed by atoms with Gasteiger partial charge in [0.25, 0.3) is 0 Å². The van der Waals surface area contributed by atoms with Crippen molar-refractivity contribution >= 4 is 5.91 Å². The summed E-state index contributed by atoms with van der Waals surface area (Å²) in [5.41, 5.74) is 0. The molecule has 1 amide bonds. The molecule has 0 radical (unpaired) electrons. The Morgan fingerprint density at radius 1 is 1.16 bits per heavy atom. The van der Waals surface area contributed by atoms with Crippen LogP contribution in [-0.4, -0.2) is 48.4 Å². The van der Waals surface area contributed by atoms with E-state index in [4.69, 9.17) is 0 Å². The average molecular weight is 264 g/mol. The number of piperidine rings is 2. The highest BCUT2D eigenvalue weighted by molar-refractivity contribution is 5.76. The Kier molecular flexibility index (Phi) is 5.90. The van der Waals surface area contributed by atoms with Crippen molar-refractivity contribution in [2.45, 2.75) is 44.9 Å². The molecule has 2 aliphatic heterocycles. The number of hydrogen-bond donors (Lipinski definition) is 0. The van der Waals surface area contributed by atoms with E-state index in [0.29, 0.717) is 5.91 Å². The normalized spacial score (nSPS) is 22.7. The first kappa shape index (κ1) is 14.6. The fourth-order valence-corrected chi connectivity index (χ4v) is 3.26. The molecule has 3 nitrogen and oxygen atoms in total. The van der Waals surface area contributed by atoms with Crippen LogP contribution in [0.3, 0.4) is 0 Å². The predicted molar refractivity (Wildman–Crippen MR) is 79.0 cm³/mol. The molecule has 0 N–H and O–H groups in total. The van der Waals surface area contributed by atoms with Crippen molar-refractivity contribution in [3.63, 3.8) is 0 Å². The number of amides is 1. The second-order valence-electron chi connectivity index (χ2n) is 6.00. The van der Waals surface area contributed by atoms with Crippen molar-refractivity contribution in [3.05, 3.63) is 12.7 Å². The largest absolute Gasteiger partial charge is 0.343 e. The minimum Gasteiger partial charge on any atom is -0.343 e. The third-order valence-electron chi connectivity index (χ3n) is 4.53. The quantitative estimate of drug-likeness (QED) is 0.689. The van der Waals surface area contributed by atoms with Crippen molar-refractivity contribution < 1.29 is 4.79 Å². The lowest BCUT2D eigenvalue weighted by Crippen LogP contribution is -2.39. The molecule has 2 rings (SSSR count). The molecule has 0 spiro atoms. The van der Waals surface area contributed by atoms with Crippen LogP contribution in [0.2, 0.25) is 0 Å². The molecule has 0 aliphatic carbocycles. The second kappa shape index (κ2) is 7.68. The van der Waals surface area contributed by atoms with Gasteiger partial charge in [-0.1, -0.05) is 6.08 Å². The van der Waals surface area contributed by atoms with Crippen LogP contribution in [-0.2, 0) is 4.79 Å². The molecular formula is C16H28N2O. The van der Waals surface area contributed by atoms with Crippen LogP contribution in [0, 0.1) is 5.92 Å². The Bertz CT molecular complexity index is 295. The summed E-state index contributed by atoms with van der Waals surface area (Å²) >= 11 is 0. The molecule has 0 bridgehead atoms. The number of carbonyl (C=O) groups is 1. The SMILES string of the molecule is C=CCC1CCN(CCCN2CCCCC2=O)CC1. The van der Waals surface area contributed by atoms with E-state index >= 15 is 0 Å². The number of carbonyl (C=O) groups excluding carboxylic acids is 1. The van der Waals surface area contributed by atoms with Crippen molar-refractivity contribution in [1.82, 2.24) is 9.80 Å². The molecule has 2 saturated heterocycles. The molecule has 0 atom stereocenters. The monoisotopic (exact) mass is 264 g/mol. The van der Waals surface area contributed by atoms with Crippen molar-refractivity contribution in [2.75, 3.05) is 32.7 Å². The van der Waals surface area contributed by atoms with Gasteiger partial charge in [0.05, 0.1) is 0 Å². The van der Waals surface area contributed by atoms with Gasteiger partial charge >= 0.3 is 0 Å².